The smallest absolute Gasteiger partial charge is 0.327 e. The van der Waals surface area contributed by atoms with Crippen LogP contribution in [0.5, 0.6) is 0 Å². The average molecular weight is 614 g/mol. The molecule has 4 aromatic rings. The molecule has 41 heavy (non-hydrogen) atoms. The highest BCUT2D eigenvalue weighted by molar-refractivity contribution is 7.93. The molecule has 0 spiro atoms. The highest BCUT2D eigenvalue weighted by Crippen LogP contribution is 2.34. The highest BCUT2D eigenvalue weighted by Gasteiger charge is 2.36. The number of carboxylic acids is 1. The normalized spacial score (nSPS) is 12.2. The largest absolute Gasteiger partial charge is 0.480 e. The van der Waals surface area contributed by atoms with E-state index in [1.54, 1.807) is 42.3 Å². The number of aliphatic carboxylic acids is 1. The van der Waals surface area contributed by atoms with Crippen molar-refractivity contribution in [2.75, 3.05) is 11.4 Å². The number of hydrogen-bond acceptors (Lipinski definition) is 4. The maximum absolute atomic E-state index is 14.0. The van der Waals surface area contributed by atoms with Gasteiger partial charge < -0.3 is 10.0 Å². The Morgan fingerprint density at radius 2 is 1.59 bits per heavy atom. The fourth-order valence-corrected chi connectivity index (χ4v) is 7.10. The van der Waals surface area contributed by atoms with E-state index in [9.17, 15) is 23.1 Å². The van der Waals surface area contributed by atoms with E-state index in [0.717, 1.165) is 9.87 Å². The zero-order chi connectivity index (χ0) is 29.7. The lowest BCUT2D eigenvalue weighted by atomic mass is 10.0. The van der Waals surface area contributed by atoms with Gasteiger partial charge in [-0.2, -0.15) is 0 Å². The minimum absolute atomic E-state index is 0.0974. The van der Waals surface area contributed by atoms with Gasteiger partial charge in [0.1, 0.15) is 6.04 Å². The summed E-state index contributed by atoms with van der Waals surface area (Å²) in [6.45, 7) is 2.32. The second-order valence-electron chi connectivity index (χ2n) is 9.76. The molecule has 1 amide bonds. The third kappa shape index (κ3) is 6.84. The summed E-state index contributed by atoms with van der Waals surface area (Å²) in [5, 5.41) is 11.6. The van der Waals surface area contributed by atoms with Crippen LogP contribution in [0.3, 0.4) is 0 Å². The number of fused-ring (bicyclic) bond motifs is 1. The van der Waals surface area contributed by atoms with Gasteiger partial charge in [0.15, 0.2) is 0 Å². The Bertz CT molecular complexity index is 1660. The van der Waals surface area contributed by atoms with E-state index in [0.29, 0.717) is 35.7 Å². The van der Waals surface area contributed by atoms with Crippen molar-refractivity contribution in [1.82, 2.24) is 4.90 Å². The molecule has 0 aromatic heterocycles. The fraction of sp³-hybridized carbons (Fsp3) is 0.226. The van der Waals surface area contributed by atoms with Crippen molar-refractivity contribution in [3.05, 3.63) is 106 Å². The van der Waals surface area contributed by atoms with Crippen LogP contribution in [0.15, 0.2) is 89.8 Å². The first-order valence-electron chi connectivity index (χ1n) is 13.1. The van der Waals surface area contributed by atoms with Gasteiger partial charge in [0, 0.05) is 29.2 Å². The lowest BCUT2D eigenvalue weighted by molar-refractivity contribution is -0.138. The van der Waals surface area contributed by atoms with E-state index in [1.807, 2.05) is 37.3 Å². The number of rotatable bonds is 11. The maximum Gasteiger partial charge on any atom is 0.327 e. The predicted octanol–water partition coefficient (Wildman–Crippen LogP) is 7.26. The number of amides is 1. The number of unbranched alkanes of at least 4 members (excludes halogenated alkanes) is 1. The first-order chi connectivity index (χ1) is 19.5. The Hall–Kier alpha value is -3.59. The number of anilines is 1. The average Bonchev–Trinajstić information content (AvgIpc) is 2.94. The Balaban J connectivity index is 1.81. The number of carboxylic acid groups (broad SMARTS) is 1. The van der Waals surface area contributed by atoms with E-state index < -0.39 is 22.0 Å². The van der Waals surface area contributed by atoms with Gasteiger partial charge in [-0.05, 0) is 59.2 Å². The van der Waals surface area contributed by atoms with Crippen molar-refractivity contribution in [1.29, 1.82) is 0 Å². The Kier molecular flexibility index (Phi) is 9.58. The highest BCUT2D eigenvalue weighted by atomic mass is 35.5. The molecule has 7 nitrogen and oxygen atoms in total. The number of nitrogens with zero attached hydrogens (tertiary/aromatic N) is 2. The van der Waals surface area contributed by atoms with Crippen LogP contribution < -0.4 is 4.31 Å². The lowest BCUT2D eigenvalue weighted by Crippen LogP contribution is -2.45. The van der Waals surface area contributed by atoms with Crippen LogP contribution in [0.2, 0.25) is 10.0 Å². The van der Waals surface area contributed by atoms with Crippen molar-refractivity contribution in [2.24, 2.45) is 0 Å². The van der Waals surface area contributed by atoms with Gasteiger partial charge in [-0.1, -0.05) is 91.5 Å². The van der Waals surface area contributed by atoms with E-state index >= 15 is 0 Å². The molecule has 1 atom stereocenters. The van der Waals surface area contributed by atoms with Crippen molar-refractivity contribution < 1.29 is 23.1 Å². The summed E-state index contributed by atoms with van der Waals surface area (Å²) in [5.41, 5.74) is 1.59. The van der Waals surface area contributed by atoms with Crippen LogP contribution in [0, 0.1) is 0 Å². The van der Waals surface area contributed by atoms with Crippen LogP contribution in [-0.4, -0.2) is 43.4 Å². The van der Waals surface area contributed by atoms with Crippen molar-refractivity contribution in [3.8, 4) is 0 Å². The van der Waals surface area contributed by atoms with Gasteiger partial charge in [0.05, 0.1) is 10.6 Å². The van der Waals surface area contributed by atoms with E-state index in [1.165, 1.54) is 24.3 Å². The molecule has 0 radical (unpaired) electrons. The van der Waals surface area contributed by atoms with E-state index in [4.69, 9.17) is 23.2 Å². The molecule has 0 aliphatic heterocycles. The van der Waals surface area contributed by atoms with Crippen molar-refractivity contribution in [2.45, 2.75) is 43.7 Å². The van der Waals surface area contributed by atoms with Crippen LogP contribution in [0.4, 0.5) is 5.69 Å². The van der Waals surface area contributed by atoms with Crippen molar-refractivity contribution in [3.63, 3.8) is 0 Å². The molecule has 0 fully saturated rings. The zero-order valence-corrected chi connectivity index (χ0v) is 25.0. The summed E-state index contributed by atoms with van der Waals surface area (Å²) in [4.78, 5) is 27.3. The summed E-state index contributed by atoms with van der Waals surface area (Å²) in [5.74, 6) is -1.47. The minimum atomic E-state index is -4.41. The number of carbonyl (C=O) groups is 2. The summed E-state index contributed by atoms with van der Waals surface area (Å²) in [6, 6.07) is 22.1. The molecule has 10 heteroatoms. The molecule has 1 unspecified atom stereocenters. The molecule has 0 saturated heterocycles. The molecule has 0 saturated carbocycles. The molecule has 0 bridgehead atoms. The van der Waals surface area contributed by atoms with Gasteiger partial charge in [0.2, 0.25) is 0 Å². The van der Waals surface area contributed by atoms with Gasteiger partial charge in [-0.15, -0.1) is 0 Å². The summed E-state index contributed by atoms with van der Waals surface area (Å²) in [7, 11) is -2.69. The standard InChI is InChI=1S/C31H30Cl2N2O5S/c1-3-4-13-29(31(37)38)35(41(39,40)26-18-23(32)17-24(33)19-26)25-14-15-27-22(16-25)11-8-12-28(27)30(36)34(2)20-21-9-6-5-7-10-21/h5-12,14-19,29H,3-4,13,20H2,1-2H3,(H,37,38). The van der Waals surface area contributed by atoms with E-state index in [-0.39, 0.29) is 33.0 Å². The molecular formula is C31H30Cl2N2O5S. The number of halogens is 2. The summed E-state index contributed by atoms with van der Waals surface area (Å²) >= 11 is 12.2. The Labute approximate surface area is 250 Å². The second kappa shape index (κ2) is 12.9. The third-order valence-electron chi connectivity index (χ3n) is 6.75. The number of hydrogen-bond donors (Lipinski definition) is 1. The van der Waals surface area contributed by atoms with Gasteiger partial charge in [-0.25, -0.2) is 13.2 Å². The maximum atomic E-state index is 14.0. The van der Waals surface area contributed by atoms with Gasteiger partial charge in [0.25, 0.3) is 15.9 Å². The second-order valence-corrected chi connectivity index (χ2v) is 12.4. The number of benzene rings is 4. The van der Waals surface area contributed by atoms with Crippen LogP contribution >= 0.6 is 23.2 Å². The summed E-state index contributed by atoms with van der Waals surface area (Å²) in [6.07, 6.45) is 1.28. The molecule has 1 N–H and O–H groups in total. The molecule has 4 rings (SSSR count). The topological polar surface area (TPSA) is 95.0 Å². The monoisotopic (exact) mass is 612 g/mol. The molecule has 0 aliphatic carbocycles. The molecule has 4 aromatic carbocycles. The van der Waals surface area contributed by atoms with Gasteiger partial charge in [-0.3, -0.25) is 9.10 Å². The predicted molar refractivity (Wildman–Crippen MR) is 163 cm³/mol. The Morgan fingerprint density at radius 3 is 2.22 bits per heavy atom. The minimum Gasteiger partial charge on any atom is -0.480 e. The zero-order valence-electron chi connectivity index (χ0n) is 22.6. The third-order valence-corrected chi connectivity index (χ3v) is 9.00. The van der Waals surface area contributed by atoms with Crippen LogP contribution in [0.1, 0.15) is 42.1 Å². The van der Waals surface area contributed by atoms with Crippen LogP contribution in [0.25, 0.3) is 10.8 Å². The quantitative estimate of drug-likeness (QED) is 0.192. The lowest BCUT2D eigenvalue weighted by Gasteiger charge is -2.31. The Morgan fingerprint density at radius 1 is 0.902 bits per heavy atom. The van der Waals surface area contributed by atoms with E-state index in [2.05, 4.69) is 0 Å². The number of sulfonamides is 1. The first-order valence-corrected chi connectivity index (χ1v) is 15.3. The van der Waals surface area contributed by atoms with Gasteiger partial charge >= 0.3 is 5.97 Å². The number of carbonyl (C=O) groups excluding carboxylic acids is 1. The fourth-order valence-electron chi connectivity index (χ4n) is 4.75. The summed E-state index contributed by atoms with van der Waals surface area (Å²) < 4.78 is 28.9. The van der Waals surface area contributed by atoms with Crippen LogP contribution in [-0.2, 0) is 21.4 Å². The molecule has 0 heterocycles. The van der Waals surface area contributed by atoms with Crippen molar-refractivity contribution >= 4 is 61.6 Å². The first kappa shape index (κ1) is 30.4. The molecule has 214 valence electrons. The molecule has 0 aliphatic rings. The SMILES string of the molecule is CCCCC(C(=O)O)N(c1ccc2c(C(=O)N(C)Cc3ccccc3)cccc2c1)S(=O)(=O)c1cc(Cl)cc(Cl)c1. The molecular weight excluding hydrogens is 583 g/mol.